The standard InChI is InChI=1S/C24H30N2O7/c1-15-6-7-20(28)23(30)19(27)5-3-4-17-12-18(32-11-10-26-9-8-25-14-26)13-21(29)22(17)24(31)33-16(15)2/h3-4,6-7,12-16,19,23,27,29-30H,5,8-11H2,1-2H3/b4-3+,7-6-/t15-,16?,19?,23?/m1/s1. The molecule has 178 valence electrons. The second-order valence-electron chi connectivity index (χ2n) is 8.19. The van der Waals surface area contributed by atoms with E-state index in [0.29, 0.717) is 24.5 Å². The number of ketones is 1. The molecule has 0 bridgehead atoms. The summed E-state index contributed by atoms with van der Waals surface area (Å²) >= 11 is 0. The zero-order valence-corrected chi connectivity index (χ0v) is 18.8. The molecule has 3 N–H and O–H groups in total. The first-order valence-electron chi connectivity index (χ1n) is 11.0. The number of hydrogen-bond donors (Lipinski definition) is 3. The van der Waals surface area contributed by atoms with E-state index in [1.807, 2.05) is 4.90 Å². The van der Waals surface area contributed by atoms with Crippen LogP contribution in [0.2, 0.25) is 0 Å². The average molecular weight is 459 g/mol. The van der Waals surface area contributed by atoms with Crippen molar-refractivity contribution in [3.05, 3.63) is 41.5 Å². The van der Waals surface area contributed by atoms with Gasteiger partial charge in [-0.05, 0) is 31.1 Å². The Morgan fingerprint density at radius 3 is 2.73 bits per heavy atom. The number of rotatable bonds is 4. The lowest BCUT2D eigenvalue weighted by molar-refractivity contribution is -0.127. The number of aliphatic imine (C=N–C) groups is 1. The van der Waals surface area contributed by atoms with Crippen LogP contribution >= 0.6 is 0 Å². The number of ether oxygens (including phenoxy) is 2. The van der Waals surface area contributed by atoms with E-state index >= 15 is 0 Å². The molecule has 9 heteroatoms. The van der Waals surface area contributed by atoms with Crippen molar-refractivity contribution in [3.63, 3.8) is 0 Å². The number of hydrogen-bond acceptors (Lipinski definition) is 9. The van der Waals surface area contributed by atoms with E-state index in [1.54, 1.807) is 26.3 Å². The van der Waals surface area contributed by atoms with Crippen LogP contribution in [0, 0.1) is 5.92 Å². The van der Waals surface area contributed by atoms with Gasteiger partial charge in [-0.15, -0.1) is 0 Å². The first-order valence-corrected chi connectivity index (χ1v) is 11.0. The Morgan fingerprint density at radius 1 is 1.21 bits per heavy atom. The topological polar surface area (TPSA) is 129 Å². The van der Waals surface area contributed by atoms with E-state index in [-0.39, 0.29) is 23.7 Å². The smallest absolute Gasteiger partial charge is 0.342 e. The van der Waals surface area contributed by atoms with Crippen LogP contribution < -0.4 is 4.74 Å². The minimum atomic E-state index is -1.57. The number of aromatic hydroxyl groups is 1. The monoisotopic (exact) mass is 458 g/mol. The van der Waals surface area contributed by atoms with Crippen molar-refractivity contribution in [2.75, 3.05) is 26.2 Å². The minimum Gasteiger partial charge on any atom is -0.507 e. The molecule has 1 aromatic rings. The maximum Gasteiger partial charge on any atom is 0.342 e. The molecule has 2 aliphatic rings. The number of nitrogens with zero attached hydrogens (tertiary/aromatic N) is 2. The summed E-state index contributed by atoms with van der Waals surface area (Å²) in [5.41, 5.74) is 0.301. The summed E-state index contributed by atoms with van der Waals surface area (Å²) in [5.74, 6) is -1.62. The minimum absolute atomic E-state index is 0.0310. The molecule has 0 aromatic heterocycles. The van der Waals surface area contributed by atoms with Crippen molar-refractivity contribution in [1.29, 1.82) is 0 Å². The highest BCUT2D eigenvalue weighted by molar-refractivity contribution is 5.97. The quantitative estimate of drug-likeness (QED) is 0.580. The first kappa shape index (κ1) is 24.5. The third-order valence-corrected chi connectivity index (χ3v) is 5.66. The Bertz CT molecular complexity index is 956. The molecule has 2 aliphatic heterocycles. The molecule has 33 heavy (non-hydrogen) atoms. The number of cyclic esters (lactones) is 1. The molecule has 2 heterocycles. The predicted octanol–water partition coefficient (Wildman–Crippen LogP) is 1.56. The summed E-state index contributed by atoms with van der Waals surface area (Å²) in [4.78, 5) is 31.1. The van der Waals surface area contributed by atoms with Gasteiger partial charge in [0.05, 0.1) is 25.5 Å². The second-order valence-corrected chi connectivity index (χ2v) is 8.19. The molecule has 3 rings (SSSR count). The number of phenolic OH excluding ortho intramolecular Hbond substituents is 1. The maximum atomic E-state index is 12.9. The zero-order chi connectivity index (χ0) is 24.0. The average Bonchev–Trinajstić information content (AvgIpc) is 3.29. The van der Waals surface area contributed by atoms with E-state index in [1.165, 1.54) is 30.4 Å². The SMILES string of the molecule is CC1OC(=O)c2c(O)cc(OCCN3C=NCC3)cc2/C=C/CC(O)C(O)C(=O)/C=C\[C@H]1C. The summed E-state index contributed by atoms with van der Waals surface area (Å²) in [5, 5.41) is 30.9. The summed E-state index contributed by atoms with van der Waals surface area (Å²) in [6.07, 6.45) is 3.95. The lowest BCUT2D eigenvalue weighted by Crippen LogP contribution is -2.32. The molecule has 0 spiro atoms. The third-order valence-electron chi connectivity index (χ3n) is 5.66. The number of phenols is 1. The zero-order valence-electron chi connectivity index (χ0n) is 18.8. The molecule has 0 saturated carbocycles. The fourth-order valence-electron chi connectivity index (χ4n) is 3.42. The van der Waals surface area contributed by atoms with E-state index in [9.17, 15) is 24.9 Å². The van der Waals surface area contributed by atoms with Gasteiger partial charge in [-0.1, -0.05) is 25.2 Å². The van der Waals surface area contributed by atoms with Crippen LogP contribution in [-0.4, -0.2) is 82.9 Å². The number of esters is 1. The largest absolute Gasteiger partial charge is 0.507 e. The van der Waals surface area contributed by atoms with Crippen LogP contribution in [0.5, 0.6) is 11.5 Å². The molecule has 0 amide bonds. The van der Waals surface area contributed by atoms with Crippen LogP contribution in [0.1, 0.15) is 36.2 Å². The molecule has 1 aromatic carbocycles. The Morgan fingerprint density at radius 2 is 2.00 bits per heavy atom. The van der Waals surface area contributed by atoms with Gasteiger partial charge >= 0.3 is 5.97 Å². The molecule has 9 nitrogen and oxygen atoms in total. The van der Waals surface area contributed by atoms with Gasteiger partial charge in [-0.3, -0.25) is 9.79 Å². The van der Waals surface area contributed by atoms with Crippen LogP contribution in [0.15, 0.2) is 35.4 Å². The fraction of sp³-hybridized carbons (Fsp3) is 0.458. The van der Waals surface area contributed by atoms with Gasteiger partial charge in [0.25, 0.3) is 0 Å². The van der Waals surface area contributed by atoms with E-state index in [0.717, 1.165) is 13.1 Å². The molecule has 0 fully saturated rings. The van der Waals surface area contributed by atoms with Gasteiger partial charge in [-0.25, -0.2) is 4.79 Å². The summed E-state index contributed by atoms with van der Waals surface area (Å²) in [7, 11) is 0. The Balaban J connectivity index is 1.87. The van der Waals surface area contributed by atoms with Crippen LogP contribution in [0.4, 0.5) is 0 Å². The highest BCUT2D eigenvalue weighted by Crippen LogP contribution is 2.31. The van der Waals surface area contributed by atoms with Crippen molar-refractivity contribution in [2.24, 2.45) is 10.9 Å². The number of benzene rings is 1. The Kier molecular flexibility index (Phi) is 8.24. The first-order chi connectivity index (χ1) is 15.8. The number of carbonyl (C=O) groups excluding carboxylic acids is 2. The Hall–Kier alpha value is -3.17. The fourth-order valence-corrected chi connectivity index (χ4v) is 3.42. The molecule has 4 atom stereocenters. The van der Waals surface area contributed by atoms with Gasteiger partial charge in [0.1, 0.15) is 35.9 Å². The van der Waals surface area contributed by atoms with E-state index < -0.39 is 30.1 Å². The van der Waals surface area contributed by atoms with E-state index in [4.69, 9.17) is 9.47 Å². The van der Waals surface area contributed by atoms with Gasteiger partial charge in [-0.2, -0.15) is 0 Å². The van der Waals surface area contributed by atoms with Gasteiger partial charge in [0, 0.05) is 18.5 Å². The third kappa shape index (κ3) is 6.43. The molecule has 0 saturated heterocycles. The lowest BCUT2D eigenvalue weighted by atomic mass is 9.99. The van der Waals surface area contributed by atoms with E-state index in [2.05, 4.69) is 4.99 Å². The Labute approximate surface area is 192 Å². The highest BCUT2D eigenvalue weighted by Gasteiger charge is 2.25. The molecule has 3 unspecified atom stereocenters. The molecular formula is C24H30N2O7. The summed E-state index contributed by atoms with van der Waals surface area (Å²) in [6, 6.07) is 2.96. The van der Waals surface area contributed by atoms with Crippen molar-refractivity contribution >= 4 is 24.2 Å². The number of aliphatic hydroxyl groups is 2. The number of carbonyl (C=O) groups is 2. The number of fused-ring (bicyclic) bond motifs is 1. The van der Waals surface area contributed by atoms with Crippen molar-refractivity contribution < 1.29 is 34.4 Å². The number of aliphatic hydroxyl groups excluding tert-OH is 2. The summed E-state index contributed by atoms with van der Waals surface area (Å²) < 4.78 is 11.3. The predicted molar refractivity (Wildman–Crippen MR) is 122 cm³/mol. The van der Waals surface area contributed by atoms with Crippen molar-refractivity contribution in [1.82, 2.24) is 4.90 Å². The van der Waals surface area contributed by atoms with Gasteiger partial charge < -0.3 is 29.7 Å². The normalized spacial score (nSPS) is 28.1. The second kappa shape index (κ2) is 11.1. The van der Waals surface area contributed by atoms with Crippen LogP contribution in [0.3, 0.4) is 0 Å². The lowest BCUT2D eigenvalue weighted by Gasteiger charge is -2.20. The molecule has 0 aliphatic carbocycles. The van der Waals surface area contributed by atoms with Crippen LogP contribution in [0.25, 0.3) is 6.08 Å². The molecular weight excluding hydrogens is 428 g/mol. The van der Waals surface area contributed by atoms with Gasteiger partial charge in [0.2, 0.25) is 0 Å². The van der Waals surface area contributed by atoms with Crippen molar-refractivity contribution in [2.45, 2.75) is 38.6 Å². The van der Waals surface area contributed by atoms with Gasteiger partial charge in [0.15, 0.2) is 5.78 Å². The molecule has 0 radical (unpaired) electrons. The van der Waals surface area contributed by atoms with Crippen LogP contribution in [-0.2, 0) is 9.53 Å². The maximum absolute atomic E-state index is 12.9. The summed E-state index contributed by atoms with van der Waals surface area (Å²) in [6.45, 7) is 5.98. The van der Waals surface area contributed by atoms with Crippen molar-refractivity contribution in [3.8, 4) is 11.5 Å². The highest BCUT2D eigenvalue weighted by atomic mass is 16.5.